The van der Waals surface area contributed by atoms with E-state index in [1.165, 1.54) is 38.2 Å². The molecule has 9 aromatic rings. The number of rotatable bonds is 6. The van der Waals surface area contributed by atoms with Crippen LogP contribution < -0.4 is 0 Å². The lowest BCUT2D eigenvalue weighted by molar-refractivity contribution is 1.18. The molecule has 3 nitrogen and oxygen atoms in total. The summed E-state index contributed by atoms with van der Waals surface area (Å²) in [7, 11) is 0. The highest BCUT2D eigenvalue weighted by molar-refractivity contribution is 6.21. The fourth-order valence-corrected chi connectivity index (χ4v) is 7.02. The zero-order valence-corrected chi connectivity index (χ0v) is 27.2. The summed E-state index contributed by atoms with van der Waals surface area (Å²) >= 11 is 0. The van der Waals surface area contributed by atoms with Gasteiger partial charge in [-0.1, -0.05) is 158 Å². The standard InChI is InChI=1S/C47H31N3/c1-3-13-33(14-4-1)43-30-44(50-47(49-43)35-26-24-32(25-27-35)38-19-12-28-48-31-38)36-17-11-18-37(29-36)46-41-22-9-7-20-39(41)45(34-15-5-2-6-16-34)40-21-8-10-23-42(40)46/h1-31H. The summed E-state index contributed by atoms with van der Waals surface area (Å²) in [5.74, 6) is 0.688. The van der Waals surface area contributed by atoms with E-state index in [-0.39, 0.29) is 0 Å². The molecule has 0 amide bonds. The molecule has 0 unspecified atom stereocenters. The highest BCUT2D eigenvalue weighted by Gasteiger charge is 2.17. The van der Waals surface area contributed by atoms with Crippen molar-refractivity contribution in [2.24, 2.45) is 0 Å². The first kappa shape index (κ1) is 29.4. The Hall–Kier alpha value is -6.71. The Kier molecular flexibility index (Phi) is 7.49. The van der Waals surface area contributed by atoms with E-state index in [1.54, 1.807) is 6.20 Å². The Morgan fingerprint density at radius 3 is 1.38 bits per heavy atom. The van der Waals surface area contributed by atoms with Crippen LogP contribution in [0.15, 0.2) is 188 Å². The Morgan fingerprint density at radius 1 is 0.300 bits per heavy atom. The molecule has 9 rings (SSSR count). The molecule has 234 valence electrons. The number of hydrogen-bond donors (Lipinski definition) is 0. The molecule has 2 aromatic heterocycles. The van der Waals surface area contributed by atoms with E-state index in [0.29, 0.717) is 5.82 Å². The molecule has 0 fully saturated rings. The predicted molar refractivity (Wildman–Crippen MR) is 207 cm³/mol. The Labute approximate surface area is 291 Å². The molecule has 0 spiro atoms. The van der Waals surface area contributed by atoms with Crippen molar-refractivity contribution in [2.45, 2.75) is 0 Å². The SMILES string of the molecule is c1ccc(-c2cc(-c3cccc(-c4c5ccccc5c(-c5ccccc5)c5ccccc45)c3)nc(-c3ccc(-c4cccnc4)cc3)n2)cc1. The first-order valence-electron chi connectivity index (χ1n) is 16.9. The molecule has 0 saturated carbocycles. The van der Waals surface area contributed by atoms with Crippen LogP contribution in [0.4, 0.5) is 0 Å². The molecular formula is C47H31N3. The van der Waals surface area contributed by atoms with Crippen LogP contribution in [0.1, 0.15) is 0 Å². The van der Waals surface area contributed by atoms with Crippen LogP contribution in [0.2, 0.25) is 0 Å². The zero-order chi connectivity index (χ0) is 33.3. The van der Waals surface area contributed by atoms with Crippen molar-refractivity contribution in [1.82, 2.24) is 15.0 Å². The second-order valence-electron chi connectivity index (χ2n) is 12.4. The molecule has 0 aliphatic rings. The van der Waals surface area contributed by atoms with E-state index < -0.39 is 0 Å². The van der Waals surface area contributed by atoms with Gasteiger partial charge in [-0.15, -0.1) is 0 Å². The fourth-order valence-electron chi connectivity index (χ4n) is 7.02. The molecule has 0 aliphatic carbocycles. The molecule has 0 radical (unpaired) electrons. The van der Waals surface area contributed by atoms with Gasteiger partial charge in [0.05, 0.1) is 11.4 Å². The third kappa shape index (κ3) is 5.41. The molecule has 0 aliphatic heterocycles. The highest BCUT2D eigenvalue weighted by atomic mass is 14.9. The number of nitrogens with zero attached hydrogens (tertiary/aromatic N) is 3. The Bertz CT molecular complexity index is 2560. The van der Waals surface area contributed by atoms with E-state index >= 15 is 0 Å². The van der Waals surface area contributed by atoms with Crippen molar-refractivity contribution in [3.8, 4) is 67.3 Å². The largest absolute Gasteiger partial charge is 0.264 e. The lowest BCUT2D eigenvalue weighted by Crippen LogP contribution is -1.96. The summed E-state index contributed by atoms with van der Waals surface area (Å²) in [4.78, 5) is 14.6. The van der Waals surface area contributed by atoms with Gasteiger partial charge in [0.25, 0.3) is 0 Å². The maximum atomic E-state index is 5.19. The highest BCUT2D eigenvalue weighted by Crippen LogP contribution is 2.44. The smallest absolute Gasteiger partial charge is 0.160 e. The van der Waals surface area contributed by atoms with Gasteiger partial charge in [0.1, 0.15) is 0 Å². The second-order valence-corrected chi connectivity index (χ2v) is 12.4. The van der Waals surface area contributed by atoms with Crippen LogP contribution in [0, 0.1) is 0 Å². The van der Waals surface area contributed by atoms with Crippen molar-refractivity contribution in [2.75, 3.05) is 0 Å². The molecule has 0 saturated heterocycles. The van der Waals surface area contributed by atoms with Crippen LogP contribution in [-0.2, 0) is 0 Å². The third-order valence-corrected chi connectivity index (χ3v) is 9.37. The number of hydrogen-bond acceptors (Lipinski definition) is 3. The molecule has 0 bridgehead atoms. The van der Waals surface area contributed by atoms with E-state index in [9.17, 15) is 0 Å². The summed E-state index contributed by atoms with van der Waals surface area (Å²) in [5.41, 5.74) is 11.8. The fraction of sp³-hybridized carbons (Fsp3) is 0. The first-order chi connectivity index (χ1) is 24.8. The van der Waals surface area contributed by atoms with Crippen molar-refractivity contribution >= 4 is 21.5 Å². The van der Waals surface area contributed by atoms with E-state index in [4.69, 9.17) is 9.97 Å². The summed E-state index contributed by atoms with van der Waals surface area (Å²) in [6, 6.07) is 62.0. The maximum absolute atomic E-state index is 5.19. The van der Waals surface area contributed by atoms with Crippen molar-refractivity contribution in [3.63, 3.8) is 0 Å². The number of benzene rings is 7. The van der Waals surface area contributed by atoms with Gasteiger partial charge in [-0.25, -0.2) is 9.97 Å². The van der Waals surface area contributed by atoms with Crippen LogP contribution in [-0.4, -0.2) is 15.0 Å². The normalized spacial score (nSPS) is 11.2. The van der Waals surface area contributed by atoms with Gasteiger partial charge in [0.15, 0.2) is 5.82 Å². The molecule has 50 heavy (non-hydrogen) atoms. The Balaban J connectivity index is 1.22. The van der Waals surface area contributed by atoms with E-state index in [2.05, 4.69) is 169 Å². The minimum Gasteiger partial charge on any atom is -0.264 e. The van der Waals surface area contributed by atoms with Crippen molar-refractivity contribution in [3.05, 3.63) is 188 Å². The van der Waals surface area contributed by atoms with E-state index in [1.807, 2.05) is 18.3 Å². The number of aromatic nitrogens is 3. The number of pyridine rings is 1. The third-order valence-electron chi connectivity index (χ3n) is 9.37. The summed E-state index contributed by atoms with van der Waals surface area (Å²) in [6.07, 6.45) is 3.68. The average molecular weight is 638 g/mol. The van der Waals surface area contributed by atoms with E-state index in [0.717, 1.165) is 44.8 Å². The molecule has 2 heterocycles. The average Bonchev–Trinajstić information content (AvgIpc) is 3.21. The quantitative estimate of drug-likeness (QED) is 0.170. The molecule has 0 N–H and O–H groups in total. The second kappa shape index (κ2) is 12.7. The minimum absolute atomic E-state index is 0.688. The first-order valence-corrected chi connectivity index (χ1v) is 16.9. The molecule has 0 atom stereocenters. The van der Waals surface area contributed by atoms with Crippen LogP contribution >= 0.6 is 0 Å². The molecular weight excluding hydrogens is 607 g/mol. The van der Waals surface area contributed by atoms with Gasteiger partial charge < -0.3 is 0 Å². The summed E-state index contributed by atoms with van der Waals surface area (Å²) in [5, 5.41) is 4.93. The minimum atomic E-state index is 0.688. The topological polar surface area (TPSA) is 38.7 Å². The number of fused-ring (bicyclic) bond motifs is 2. The predicted octanol–water partition coefficient (Wildman–Crippen LogP) is 12.2. The Morgan fingerprint density at radius 2 is 0.780 bits per heavy atom. The lowest BCUT2D eigenvalue weighted by Gasteiger charge is -2.18. The van der Waals surface area contributed by atoms with Crippen LogP contribution in [0.5, 0.6) is 0 Å². The van der Waals surface area contributed by atoms with Crippen molar-refractivity contribution in [1.29, 1.82) is 0 Å². The van der Waals surface area contributed by atoms with Gasteiger partial charge in [-0.3, -0.25) is 4.98 Å². The monoisotopic (exact) mass is 637 g/mol. The summed E-state index contributed by atoms with van der Waals surface area (Å²) < 4.78 is 0. The molecule has 3 heteroatoms. The van der Waals surface area contributed by atoms with Gasteiger partial charge in [0, 0.05) is 29.1 Å². The maximum Gasteiger partial charge on any atom is 0.160 e. The van der Waals surface area contributed by atoms with Gasteiger partial charge in [-0.05, 0) is 73.1 Å². The summed E-state index contributed by atoms with van der Waals surface area (Å²) in [6.45, 7) is 0. The lowest BCUT2D eigenvalue weighted by atomic mass is 9.85. The van der Waals surface area contributed by atoms with Crippen LogP contribution in [0.25, 0.3) is 88.8 Å². The van der Waals surface area contributed by atoms with Gasteiger partial charge in [-0.2, -0.15) is 0 Å². The van der Waals surface area contributed by atoms with Crippen LogP contribution in [0.3, 0.4) is 0 Å². The van der Waals surface area contributed by atoms with Crippen molar-refractivity contribution < 1.29 is 0 Å². The van der Waals surface area contributed by atoms with Gasteiger partial charge in [0.2, 0.25) is 0 Å². The van der Waals surface area contributed by atoms with Gasteiger partial charge >= 0.3 is 0 Å². The zero-order valence-electron chi connectivity index (χ0n) is 27.2. The molecule has 7 aromatic carbocycles.